The molecule has 0 radical (unpaired) electrons. The van der Waals surface area contributed by atoms with Crippen molar-refractivity contribution < 1.29 is 0 Å². The summed E-state index contributed by atoms with van der Waals surface area (Å²) >= 11 is 1.96. The fourth-order valence-electron chi connectivity index (χ4n) is 1.12. The van der Waals surface area contributed by atoms with Crippen LogP contribution in [-0.2, 0) is 6.42 Å². The van der Waals surface area contributed by atoms with E-state index in [9.17, 15) is 0 Å². The van der Waals surface area contributed by atoms with Gasteiger partial charge < -0.3 is 0 Å². The van der Waals surface area contributed by atoms with Crippen LogP contribution in [0, 0.1) is 5.92 Å². The van der Waals surface area contributed by atoms with Crippen molar-refractivity contribution in [2.45, 2.75) is 32.1 Å². The van der Waals surface area contributed by atoms with Crippen LogP contribution in [0.3, 0.4) is 0 Å². The van der Waals surface area contributed by atoms with Crippen molar-refractivity contribution in [2.24, 2.45) is 5.92 Å². The summed E-state index contributed by atoms with van der Waals surface area (Å²) in [6, 6.07) is 8.85. The monoisotopic (exact) mass is 194 g/mol. The average Bonchev–Trinajstić information content (AvgIpc) is 2.15. The summed E-state index contributed by atoms with van der Waals surface area (Å²) in [7, 11) is 0. The molecule has 1 rings (SSSR count). The quantitative estimate of drug-likeness (QED) is 0.653. The van der Waals surface area contributed by atoms with Crippen molar-refractivity contribution in [3.8, 4) is 0 Å². The smallest absolute Gasteiger partial charge is 0.00747 e. The number of thioether (sulfide) groups is 1. The molecule has 1 aromatic rings. The second-order valence-corrected chi connectivity index (χ2v) is 4.80. The van der Waals surface area contributed by atoms with Gasteiger partial charge in [-0.1, -0.05) is 32.9 Å². The highest BCUT2D eigenvalue weighted by Crippen LogP contribution is 2.21. The van der Waals surface area contributed by atoms with Crippen molar-refractivity contribution in [3.63, 3.8) is 0 Å². The minimum Gasteiger partial charge on any atom is -0.126 e. The Morgan fingerprint density at radius 2 is 2.08 bits per heavy atom. The number of benzene rings is 1. The van der Waals surface area contributed by atoms with Crippen LogP contribution in [0.15, 0.2) is 29.2 Å². The Balaban J connectivity index is 2.56. The molecule has 0 aliphatic rings. The van der Waals surface area contributed by atoms with Crippen molar-refractivity contribution >= 4 is 11.8 Å². The molecule has 0 aliphatic heterocycles. The Morgan fingerprint density at radius 3 is 2.69 bits per heavy atom. The van der Waals surface area contributed by atoms with Gasteiger partial charge in [0.25, 0.3) is 0 Å². The summed E-state index contributed by atoms with van der Waals surface area (Å²) < 4.78 is 0. The molecule has 0 atom stereocenters. The first-order valence-electron chi connectivity index (χ1n) is 4.94. The van der Waals surface area contributed by atoms with Gasteiger partial charge in [0.1, 0.15) is 0 Å². The van der Waals surface area contributed by atoms with Crippen LogP contribution in [-0.4, -0.2) is 5.75 Å². The SMILES string of the molecule is CCc1cccc(SCC(C)C)c1. The van der Waals surface area contributed by atoms with E-state index in [-0.39, 0.29) is 0 Å². The topological polar surface area (TPSA) is 0 Å². The van der Waals surface area contributed by atoms with Gasteiger partial charge in [0.05, 0.1) is 0 Å². The summed E-state index contributed by atoms with van der Waals surface area (Å²) in [6.07, 6.45) is 1.13. The molecular weight excluding hydrogens is 176 g/mol. The predicted octanol–water partition coefficient (Wildman–Crippen LogP) is 4.00. The molecule has 1 aromatic carbocycles. The van der Waals surface area contributed by atoms with E-state index in [1.165, 1.54) is 16.2 Å². The van der Waals surface area contributed by atoms with Crippen LogP contribution in [0.4, 0.5) is 0 Å². The first-order valence-corrected chi connectivity index (χ1v) is 5.92. The van der Waals surface area contributed by atoms with E-state index in [4.69, 9.17) is 0 Å². The molecule has 0 nitrogen and oxygen atoms in total. The zero-order valence-electron chi connectivity index (χ0n) is 8.71. The lowest BCUT2D eigenvalue weighted by Crippen LogP contribution is -1.90. The Bertz CT molecular complexity index is 253. The molecule has 0 fully saturated rings. The lowest BCUT2D eigenvalue weighted by atomic mass is 10.2. The molecular formula is C12H18S. The highest BCUT2D eigenvalue weighted by Gasteiger charge is 1.97. The maximum atomic E-state index is 2.30. The highest BCUT2D eigenvalue weighted by atomic mass is 32.2. The minimum atomic E-state index is 0.773. The Kier molecular flexibility index (Phi) is 4.37. The van der Waals surface area contributed by atoms with Gasteiger partial charge in [0.15, 0.2) is 0 Å². The normalized spacial score (nSPS) is 10.8. The van der Waals surface area contributed by atoms with Gasteiger partial charge in [-0.15, -0.1) is 11.8 Å². The van der Waals surface area contributed by atoms with Crippen LogP contribution < -0.4 is 0 Å². The van der Waals surface area contributed by atoms with E-state index < -0.39 is 0 Å². The molecule has 0 N–H and O–H groups in total. The molecule has 0 heterocycles. The maximum Gasteiger partial charge on any atom is 0.00747 e. The summed E-state index contributed by atoms with van der Waals surface area (Å²) in [5.74, 6) is 1.99. The van der Waals surface area contributed by atoms with E-state index in [0.29, 0.717) is 0 Å². The molecule has 13 heavy (non-hydrogen) atoms. The minimum absolute atomic E-state index is 0.773. The lowest BCUT2D eigenvalue weighted by molar-refractivity contribution is 0.750. The third kappa shape index (κ3) is 3.86. The van der Waals surface area contributed by atoms with Gasteiger partial charge in [0.2, 0.25) is 0 Å². The van der Waals surface area contributed by atoms with Gasteiger partial charge in [-0.25, -0.2) is 0 Å². The highest BCUT2D eigenvalue weighted by molar-refractivity contribution is 7.99. The van der Waals surface area contributed by atoms with Crippen molar-refractivity contribution in [3.05, 3.63) is 29.8 Å². The largest absolute Gasteiger partial charge is 0.126 e. The number of aryl methyl sites for hydroxylation is 1. The van der Waals surface area contributed by atoms with Crippen molar-refractivity contribution in [1.29, 1.82) is 0 Å². The zero-order valence-corrected chi connectivity index (χ0v) is 9.53. The molecule has 0 amide bonds. The van der Waals surface area contributed by atoms with Gasteiger partial charge in [0, 0.05) is 10.6 Å². The third-order valence-electron chi connectivity index (χ3n) is 1.89. The van der Waals surface area contributed by atoms with Gasteiger partial charge in [-0.3, -0.25) is 0 Å². The molecule has 0 aliphatic carbocycles. The molecule has 0 aromatic heterocycles. The summed E-state index contributed by atoms with van der Waals surface area (Å²) in [5.41, 5.74) is 1.44. The molecule has 0 spiro atoms. The van der Waals surface area contributed by atoms with E-state index in [0.717, 1.165) is 12.3 Å². The fourth-order valence-corrected chi connectivity index (χ4v) is 2.05. The molecule has 0 bridgehead atoms. The number of rotatable bonds is 4. The number of hydrogen-bond acceptors (Lipinski definition) is 1. The molecule has 72 valence electrons. The van der Waals surface area contributed by atoms with Gasteiger partial charge in [-0.2, -0.15) is 0 Å². The average molecular weight is 194 g/mol. The van der Waals surface area contributed by atoms with Gasteiger partial charge >= 0.3 is 0 Å². The van der Waals surface area contributed by atoms with Crippen LogP contribution in [0.2, 0.25) is 0 Å². The second kappa shape index (κ2) is 5.33. The van der Waals surface area contributed by atoms with Crippen LogP contribution in [0.1, 0.15) is 26.3 Å². The summed E-state index contributed by atoms with van der Waals surface area (Å²) in [6.45, 7) is 6.72. The molecule has 0 saturated carbocycles. The number of hydrogen-bond donors (Lipinski definition) is 0. The van der Waals surface area contributed by atoms with Gasteiger partial charge in [-0.05, 0) is 30.0 Å². The summed E-state index contributed by atoms with van der Waals surface area (Å²) in [4.78, 5) is 1.41. The summed E-state index contributed by atoms with van der Waals surface area (Å²) in [5, 5.41) is 0. The van der Waals surface area contributed by atoms with E-state index in [1.54, 1.807) is 0 Å². The van der Waals surface area contributed by atoms with E-state index in [1.807, 2.05) is 11.8 Å². The lowest BCUT2D eigenvalue weighted by Gasteiger charge is -2.05. The van der Waals surface area contributed by atoms with Crippen LogP contribution in [0.25, 0.3) is 0 Å². The second-order valence-electron chi connectivity index (χ2n) is 3.71. The van der Waals surface area contributed by atoms with Crippen LogP contribution >= 0.6 is 11.8 Å². The maximum absolute atomic E-state index is 2.30. The fraction of sp³-hybridized carbons (Fsp3) is 0.500. The zero-order chi connectivity index (χ0) is 9.68. The van der Waals surface area contributed by atoms with Crippen LogP contribution in [0.5, 0.6) is 0 Å². The Hall–Kier alpha value is -0.430. The third-order valence-corrected chi connectivity index (χ3v) is 3.31. The molecule has 0 unspecified atom stereocenters. The Labute approximate surface area is 85.7 Å². The van der Waals surface area contributed by atoms with E-state index in [2.05, 4.69) is 45.0 Å². The first kappa shape index (κ1) is 10.6. The Morgan fingerprint density at radius 1 is 1.31 bits per heavy atom. The standard InChI is InChI=1S/C12H18S/c1-4-11-6-5-7-12(8-11)13-9-10(2)3/h5-8,10H,4,9H2,1-3H3. The van der Waals surface area contributed by atoms with E-state index >= 15 is 0 Å². The first-order chi connectivity index (χ1) is 6.22. The molecule has 1 heteroatoms. The van der Waals surface area contributed by atoms with Crippen molar-refractivity contribution in [1.82, 2.24) is 0 Å². The molecule has 0 saturated heterocycles. The van der Waals surface area contributed by atoms with Crippen molar-refractivity contribution in [2.75, 3.05) is 5.75 Å². The predicted molar refractivity (Wildman–Crippen MR) is 61.4 cm³/mol.